The van der Waals surface area contributed by atoms with Crippen molar-refractivity contribution in [3.8, 4) is 0 Å². The smallest absolute Gasteiger partial charge is 0.325 e. The van der Waals surface area contributed by atoms with E-state index in [-0.39, 0.29) is 17.9 Å². The molecule has 3 heterocycles. The van der Waals surface area contributed by atoms with Gasteiger partial charge in [0.25, 0.3) is 0 Å². The molecular weight excluding hydrogens is 423 g/mol. The number of carbonyl (C=O) groups excluding carboxylic acids is 1. The van der Waals surface area contributed by atoms with E-state index in [0.717, 1.165) is 39.8 Å². The Bertz CT molecular complexity index is 1140. The van der Waals surface area contributed by atoms with Crippen LogP contribution in [0.3, 0.4) is 0 Å². The first-order valence-corrected chi connectivity index (χ1v) is 11.6. The molecule has 0 aliphatic carbocycles. The van der Waals surface area contributed by atoms with Crippen LogP contribution in [0.1, 0.15) is 21.6 Å². The van der Waals surface area contributed by atoms with Crippen LogP contribution in [0.5, 0.6) is 0 Å². The number of urea groups is 1. The van der Waals surface area contributed by atoms with Crippen molar-refractivity contribution in [1.82, 2.24) is 10.2 Å². The van der Waals surface area contributed by atoms with Crippen LogP contribution in [0.15, 0.2) is 65.7 Å². The summed E-state index contributed by atoms with van der Waals surface area (Å²) in [5, 5.41) is 4.52. The molecule has 1 saturated heterocycles. The van der Waals surface area contributed by atoms with Crippen LogP contribution in [-0.4, -0.2) is 42.4 Å². The number of anilines is 1. The summed E-state index contributed by atoms with van der Waals surface area (Å²) in [6, 6.07) is 19.1. The van der Waals surface area contributed by atoms with E-state index in [2.05, 4.69) is 42.6 Å². The quantitative estimate of drug-likeness (QED) is 0.599. The van der Waals surface area contributed by atoms with E-state index < -0.39 is 0 Å². The van der Waals surface area contributed by atoms with E-state index in [1.165, 1.54) is 17.7 Å². The molecule has 2 aliphatic rings. The van der Waals surface area contributed by atoms with E-state index in [0.29, 0.717) is 19.6 Å². The fourth-order valence-electron chi connectivity index (χ4n) is 4.22. The molecule has 7 heteroatoms. The van der Waals surface area contributed by atoms with E-state index in [9.17, 15) is 9.18 Å². The van der Waals surface area contributed by atoms with Crippen LogP contribution in [0.4, 0.5) is 14.2 Å². The number of aryl methyl sites for hydroxylation is 1. The Morgan fingerprint density at radius 2 is 1.88 bits per heavy atom. The maximum absolute atomic E-state index is 13.2. The van der Waals surface area contributed by atoms with Crippen LogP contribution < -0.4 is 10.2 Å². The molecule has 0 saturated carbocycles. The first-order valence-electron chi connectivity index (χ1n) is 10.8. The maximum Gasteiger partial charge on any atom is 0.325 e. The zero-order chi connectivity index (χ0) is 22.1. The monoisotopic (exact) mass is 448 g/mol. The van der Waals surface area contributed by atoms with Crippen molar-refractivity contribution in [2.75, 3.05) is 24.5 Å². The summed E-state index contributed by atoms with van der Waals surface area (Å²) in [5.74, 6) is 0.661. The van der Waals surface area contributed by atoms with Gasteiger partial charge in [-0.2, -0.15) is 0 Å². The molecule has 1 atom stereocenters. The molecule has 1 N–H and O–H groups in total. The normalized spacial score (nSPS) is 18.2. The summed E-state index contributed by atoms with van der Waals surface area (Å²) >= 11 is 1.61. The predicted octanol–water partition coefficient (Wildman–Crippen LogP) is 4.60. The number of nitrogens with zero attached hydrogens (tertiary/aromatic N) is 3. The van der Waals surface area contributed by atoms with Crippen molar-refractivity contribution in [1.29, 1.82) is 0 Å². The van der Waals surface area contributed by atoms with Crippen molar-refractivity contribution in [2.45, 2.75) is 25.9 Å². The van der Waals surface area contributed by atoms with Gasteiger partial charge in [-0.15, -0.1) is 11.3 Å². The fourth-order valence-corrected chi connectivity index (χ4v) is 5.38. The van der Waals surface area contributed by atoms with Crippen LogP contribution in [-0.2, 0) is 13.0 Å². The predicted molar refractivity (Wildman–Crippen MR) is 127 cm³/mol. The molecule has 0 spiro atoms. The molecule has 32 heavy (non-hydrogen) atoms. The van der Waals surface area contributed by atoms with Gasteiger partial charge < -0.3 is 10.2 Å². The van der Waals surface area contributed by atoms with Gasteiger partial charge in [0.2, 0.25) is 0 Å². The molecule has 2 amide bonds. The molecule has 2 aliphatic heterocycles. The van der Waals surface area contributed by atoms with Gasteiger partial charge in [-0.3, -0.25) is 9.89 Å². The molecule has 3 aromatic rings. The lowest BCUT2D eigenvalue weighted by Gasteiger charge is -2.17. The van der Waals surface area contributed by atoms with Gasteiger partial charge in [0.1, 0.15) is 11.7 Å². The summed E-state index contributed by atoms with van der Waals surface area (Å²) in [6.07, 6.45) is 0.939. The number of rotatable bonds is 6. The molecule has 5 nitrogen and oxygen atoms in total. The van der Waals surface area contributed by atoms with Crippen molar-refractivity contribution < 1.29 is 9.18 Å². The fraction of sp³-hybridized carbons (Fsp3) is 0.280. The molecular formula is C25H25FN4OS. The van der Waals surface area contributed by atoms with Gasteiger partial charge >= 0.3 is 6.03 Å². The summed E-state index contributed by atoms with van der Waals surface area (Å²) in [7, 11) is 0. The molecule has 0 radical (unpaired) electrons. The van der Waals surface area contributed by atoms with E-state index in [1.807, 2.05) is 15.9 Å². The number of amides is 2. The number of hydrogen-bond donors (Lipinski definition) is 1. The summed E-state index contributed by atoms with van der Waals surface area (Å²) in [6.45, 7) is 4.62. The number of thiophene rings is 1. The molecule has 1 aromatic heterocycles. The number of benzene rings is 2. The zero-order valence-corrected chi connectivity index (χ0v) is 18.7. The third-order valence-electron chi connectivity index (χ3n) is 5.90. The minimum Gasteiger partial charge on any atom is -0.364 e. The molecule has 164 valence electrons. The SMILES string of the molecule is Cc1cc(N2CCN(Cc3ccc(F)cc3)C2=O)sc1C1=NCC(Cc2ccccc2)N1. The third kappa shape index (κ3) is 4.25. The second-order valence-corrected chi connectivity index (χ2v) is 9.33. The first-order chi connectivity index (χ1) is 15.6. The highest BCUT2D eigenvalue weighted by Gasteiger charge is 2.32. The molecule has 1 fully saturated rings. The summed E-state index contributed by atoms with van der Waals surface area (Å²) in [4.78, 5) is 22.5. The average Bonchev–Trinajstić information content (AvgIpc) is 3.50. The van der Waals surface area contributed by atoms with Gasteiger partial charge in [0.05, 0.1) is 22.5 Å². The molecule has 2 aromatic carbocycles. The second kappa shape index (κ2) is 8.74. The molecule has 0 bridgehead atoms. The van der Waals surface area contributed by atoms with Crippen molar-refractivity contribution >= 4 is 28.2 Å². The van der Waals surface area contributed by atoms with E-state index >= 15 is 0 Å². The maximum atomic E-state index is 13.2. The largest absolute Gasteiger partial charge is 0.364 e. The molecule has 1 unspecified atom stereocenters. The lowest BCUT2D eigenvalue weighted by atomic mass is 10.1. The Morgan fingerprint density at radius 1 is 1.09 bits per heavy atom. The van der Waals surface area contributed by atoms with Crippen molar-refractivity contribution in [2.24, 2.45) is 4.99 Å². The summed E-state index contributed by atoms with van der Waals surface area (Å²) in [5.41, 5.74) is 3.36. The first kappa shape index (κ1) is 20.7. The number of aliphatic imine (C=N–C) groups is 1. The van der Waals surface area contributed by atoms with Crippen LogP contribution in [0, 0.1) is 12.7 Å². The third-order valence-corrected chi connectivity index (χ3v) is 7.17. The highest BCUT2D eigenvalue weighted by atomic mass is 32.1. The molecule has 5 rings (SSSR count). The minimum absolute atomic E-state index is 0.00889. The number of amidine groups is 1. The Kier molecular flexibility index (Phi) is 5.66. The van der Waals surface area contributed by atoms with Gasteiger partial charge in [0, 0.05) is 19.6 Å². The van der Waals surface area contributed by atoms with Gasteiger partial charge in [-0.25, -0.2) is 9.18 Å². The number of carbonyl (C=O) groups is 1. The lowest BCUT2D eigenvalue weighted by molar-refractivity contribution is 0.219. The Hall–Kier alpha value is -3.19. The topological polar surface area (TPSA) is 47.9 Å². The Labute approximate surface area is 191 Å². The standard InChI is InChI=1S/C25H25FN4OS/c1-17-13-22(30-12-11-29(25(30)31)16-19-7-9-20(26)10-8-19)32-23(17)24-27-15-21(28-24)14-18-5-3-2-4-6-18/h2-10,13,21H,11-12,14-16H2,1H3,(H,27,28). The number of hydrogen-bond acceptors (Lipinski definition) is 4. The second-order valence-electron chi connectivity index (χ2n) is 8.30. The van der Waals surface area contributed by atoms with E-state index in [1.54, 1.807) is 23.5 Å². The van der Waals surface area contributed by atoms with Crippen LogP contribution >= 0.6 is 11.3 Å². The van der Waals surface area contributed by atoms with Crippen LogP contribution in [0.2, 0.25) is 0 Å². The number of nitrogens with one attached hydrogen (secondary N) is 1. The average molecular weight is 449 g/mol. The van der Waals surface area contributed by atoms with E-state index in [4.69, 9.17) is 4.99 Å². The number of halogens is 1. The van der Waals surface area contributed by atoms with Gasteiger partial charge in [-0.1, -0.05) is 42.5 Å². The summed E-state index contributed by atoms with van der Waals surface area (Å²) < 4.78 is 13.2. The van der Waals surface area contributed by atoms with Gasteiger partial charge in [0.15, 0.2) is 0 Å². The Morgan fingerprint density at radius 3 is 2.66 bits per heavy atom. The zero-order valence-electron chi connectivity index (χ0n) is 17.9. The Balaban J connectivity index is 1.25. The van der Waals surface area contributed by atoms with Gasteiger partial charge in [-0.05, 0) is 48.2 Å². The lowest BCUT2D eigenvalue weighted by Crippen LogP contribution is -2.32. The highest BCUT2D eigenvalue weighted by Crippen LogP contribution is 2.33. The minimum atomic E-state index is -0.265. The van der Waals surface area contributed by atoms with Crippen molar-refractivity contribution in [3.05, 3.63) is 88.0 Å². The van der Waals surface area contributed by atoms with Crippen molar-refractivity contribution in [3.63, 3.8) is 0 Å². The highest BCUT2D eigenvalue weighted by molar-refractivity contribution is 7.18. The van der Waals surface area contributed by atoms with Crippen LogP contribution in [0.25, 0.3) is 0 Å².